The minimum atomic E-state index is -4.33. The monoisotopic (exact) mass is 332 g/mol. The molecule has 21 heavy (non-hydrogen) atoms. The lowest BCUT2D eigenvalue weighted by atomic mass is 10.2. The SMILES string of the molecule is Cc1c(Cl)cccc1NS(=O)(=O)c1cc(N)cc(F)c1F. The van der Waals surface area contributed by atoms with Gasteiger partial charge in [-0.05, 0) is 36.8 Å². The van der Waals surface area contributed by atoms with Gasteiger partial charge < -0.3 is 5.73 Å². The zero-order valence-corrected chi connectivity index (χ0v) is 12.4. The number of halogens is 3. The lowest BCUT2D eigenvalue weighted by Crippen LogP contribution is -2.16. The van der Waals surface area contributed by atoms with Gasteiger partial charge in [0, 0.05) is 10.7 Å². The van der Waals surface area contributed by atoms with E-state index in [0.717, 1.165) is 6.07 Å². The molecule has 4 nitrogen and oxygen atoms in total. The minimum Gasteiger partial charge on any atom is -0.399 e. The average molecular weight is 333 g/mol. The molecule has 0 fully saturated rings. The highest BCUT2D eigenvalue weighted by Crippen LogP contribution is 2.27. The quantitative estimate of drug-likeness (QED) is 0.847. The molecule has 0 amide bonds. The largest absolute Gasteiger partial charge is 0.399 e. The van der Waals surface area contributed by atoms with Crippen molar-refractivity contribution in [3.8, 4) is 0 Å². The van der Waals surface area contributed by atoms with Crippen molar-refractivity contribution in [2.24, 2.45) is 0 Å². The third-order valence-electron chi connectivity index (χ3n) is 2.82. The van der Waals surface area contributed by atoms with Crippen LogP contribution in [0.2, 0.25) is 5.02 Å². The highest BCUT2D eigenvalue weighted by molar-refractivity contribution is 7.92. The standard InChI is InChI=1S/C13H11ClF2N2O2S/c1-7-9(14)3-2-4-11(7)18-21(19,20)12-6-8(17)5-10(15)13(12)16/h2-6,18H,17H2,1H3. The Balaban J connectivity index is 2.51. The molecule has 0 radical (unpaired) electrons. The van der Waals surface area contributed by atoms with E-state index in [1.165, 1.54) is 12.1 Å². The van der Waals surface area contributed by atoms with Crippen LogP contribution in [-0.4, -0.2) is 8.42 Å². The summed E-state index contributed by atoms with van der Waals surface area (Å²) >= 11 is 5.88. The number of benzene rings is 2. The van der Waals surface area contributed by atoms with Gasteiger partial charge in [-0.25, -0.2) is 17.2 Å². The van der Waals surface area contributed by atoms with E-state index in [1.807, 2.05) is 0 Å². The van der Waals surface area contributed by atoms with E-state index in [1.54, 1.807) is 13.0 Å². The number of anilines is 2. The zero-order chi connectivity index (χ0) is 15.8. The van der Waals surface area contributed by atoms with Crippen LogP contribution in [0.4, 0.5) is 20.2 Å². The Hall–Kier alpha value is -1.86. The van der Waals surface area contributed by atoms with Crippen LogP contribution in [0.1, 0.15) is 5.56 Å². The summed E-state index contributed by atoms with van der Waals surface area (Å²) in [5.74, 6) is -2.82. The molecule has 0 saturated heterocycles. The van der Waals surface area contributed by atoms with E-state index < -0.39 is 26.6 Å². The van der Waals surface area contributed by atoms with Crippen LogP contribution in [0.5, 0.6) is 0 Å². The molecule has 0 heterocycles. The van der Waals surface area contributed by atoms with E-state index in [2.05, 4.69) is 4.72 Å². The van der Waals surface area contributed by atoms with Gasteiger partial charge in [-0.2, -0.15) is 0 Å². The Kier molecular flexibility index (Phi) is 4.06. The first-order valence-electron chi connectivity index (χ1n) is 5.75. The predicted molar refractivity (Wildman–Crippen MR) is 77.8 cm³/mol. The topological polar surface area (TPSA) is 72.2 Å². The van der Waals surface area contributed by atoms with Crippen LogP contribution in [0.25, 0.3) is 0 Å². The van der Waals surface area contributed by atoms with Crippen molar-refractivity contribution in [2.45, 2.75) is 11.8 Å². The summed E-state index contributed by atoms with van der Waals surface area (Å²) < 4.78 is 53.5. The molecule has 0 bridgehead atoms. The summed E-state index contributed by atoms with van der Waals surface area (Å²) in [6.07, 6.45) is 0. The lowest BCUT2D eigenvalue weighted by Gasteiger charge is -2.12. The fourth-order valence-electron chi connectivity index (χ4n) is 1.70. The third-order valence-corrected chi connectivity index (χ3v) is 4.59. The average Bonchev–Trinajstić information content (AvgIpc) is 2.39. The highest BCUT2D eigenvalue weighted by Gasteiger charge is 2.23. The van der Waals surface area contributed by atoms with Crippen LogP contribution in [0.15, 0.2) is 35.2 Å². The van der Waals surface area contributed by atoms with Crippen molar-refractivity contribution in [2.75, 3.05) is 10.5 Å². The van der Waals surface area contributed by atoms with E-state index in [-0.39, 0.29) is 11.4 Å². The van der Waals surface area contributed by atoms with Gasteiger partial charge in [-0.15, -0.1) is 0 Å². The maximum absolute atomic E-state index is 13.7. The van der Waals surface area contributed by atoms with Crippen LogP contribution < -0.4 is 10.5 Å². The zero-order valence-electron chi connectivity index (χ0n) is 10.8. The molecule has 0 atom stereocenters. The smallest absolute Gasteiger partial charge is 0.265 e. The minimum absolute atomic E-state index is 0.171. The number of hydrogen-bond donors (Lipinski definition) is 2. The molecule has 0 unspecified atom stereocenters. The normalized spacial score (nSPS) is 11.4. The summed E-state index contributed by atoms with van der Waals surface area (Å²) in [4.78, 5) is -0.862. The molecule has 3 N–H and O–H groups in total. The van der Waals surface area contributed by atoms with Gasteiger partial charge in [0.05, 0.1) is 5.69 Å². The number of nitrogens with one attached hydrogen (secondary N) is 1. The molecule has 112 valence electrons. The molecule has 0 aliphatic heterocycles. The fraction of sp³-hybridized carbons (Fsp3) is 0.0769. The van der Waals surface area contributed by atoms with E-state index in [4.69, 9.17) is 17.3 Å². The van der Waals surface area contributed by atoms with Crippen LogP contribution >= 0.6 is 11.6 Å². The molecule has 0 aromatic heterocycles. The third kappa shape index (κ3) is 3.08. The summed E-state index contributed by atoms with van der Waals surface area (Å²) in [6, 6.07) is 6.12. The van der Waals surface area contributed by atoms with Crippen LogP contribution in [0, 0.1) is 18.6 Å². The second-order valence-electron chi connectivity index (χ2n) is 4.33. The second kappa shape index (κ2) is 5.50. The molecule has 0 spiro atoms. The molecule has 8 heteroatoms. The van der Waals surface area contributed by atoms with Crippen molar-refractivity contribution in [3.05, 3.63) is 52.6 Å². The van der Waals surface area contributed by atoms with E-state index in [9.17, 15) is 17.2 Å². The Bertz CT molecular complexity index is 810. The van der Waals surface area contributed by atoms with Gasteiger partial charge in [0.25, 0.3) is 10.0 Å². The summed E-state index contributed by atoms with van der Waals surface area (Å²) in [6.45, 7) is 1.59. The molecule has 0 aliphatic rings. The van der Waals surface area contributed by atoms with Gasteiger partial charge in [0.1, 0.15) is 4.90 Å². The first-order valence-corrected chi connectivity index (χ1v) is 7.61. The van der Waals surface area contributed by atoms with Crippen molar-refractivity contribution < 1.29 is 17.2 Å². The Morgan fingerprint density at radius 1 is 1.24 bits per heavy atom. The summed E-state index contributed by atoms with van der Waals surface area (Å²) in [7, 11) is -4.33. The van der Waals surface area contributed by atoms with Crippen LogP contribution in [0.3, 0.4) is 0 Å². The van der Waals surface area contributed by atoms with Crippen molar-refractivity contribution in [1.82, 2.24) is 0 Å². The van der Waals surface area contributed by atoms with Crippen molar-refractivity contribution in [3.63, 3.8) is 0 Å². The Morgan fingerprint density at radius 2 is 1.90 bits per heavy atom. The Morgan fingerprint density at radius 3 is 2.57 bits per heavy atom. The van der Waals surface area contributed by atoms with Crippen LogP contribution in [-0.2, 0) is 10.0 Å². The van der Waals surface area contributed by atoms with Gasteiger partial charge >= 0.3 is 0 Å². The lowest BCUT2D eigenvalue weighted by molar-refractivity contribution is 0.486. The molecule has 0 saturated carbocycles. The van der Waals surface area contributed by atoms with Gasteiger partial charge in [-0.1, -0.05) is 17.7 Å². The number of nitrogen functional groups attached to an aromatic ring is 1. The molecular formula is C13H11ClF2N2O2S. The number of sulfonamides is 1. The molecular weight excluding hydrogens is 322 g/mol. The molecule has 2 rings (SSSR count). The van der Waals surface area contributed by atoms with E-state index in [0.29, 0.717) is 16.7 Å². The highest BCUT2D eigenvalue weighted by atomic mass is 35.5. The fourth-order valence-corrected chi connectivity index (χ4v) is 3.12. The van der Waals surface area contributed by atoms with Crippen molar-refractivity contribution in [1.29, 1.82) is 0 Å². The van der Waals surface area contributed by atoms with Gasteiger partial charge in [0.15, 0.2) is 11.6 Å². The molecule has 2 aromatic carbocycles. The molecule has 0 aliphatic carbocycles. The number of nitrogens with two attached hydrogens (primary N) is 1. The summed E-state index contributed by atoms with van der Waals surface area (Å²) in [5.41, 5.74) is 5.79. The second-order valence-corrected chi connectivity index (χ2v) is 6.39. The molecule has 2 aromatic rings. The first kappa shape index (κ1) is 15.5. The number of hydrogen-bond acceptors (Lipinski definition) is 3. The van der Waals surface area contributed by atoms with E-state index >= 15 is 0 Å². The maximum atomic E-state index is 13.7. The first-order chi connectivity index (χ1) is 9.72. The summed E-state index contributed by atoms with van der Waals surface area (Å²) in [5, 5.41) is 0.342. The Labute approximate surface area is 125 Å². The predicted octanol–water partition coefficient (Wildman–Crippen LogP) is 3.31. The number of rotatable bonds is 3. The van der Waals surface area contributed by atoms with Gasteiger partial charge in [0.2, 0.25) is 0 Å². The van der Waals surface area contributed by atoms with Gasteiger partial charge in [-0.3, -0.25) is 4.72 Å². The maximum Gasteiger partial charge on any atom is 0.265 e. The van der Waals surface area contributed by atoms with Crippen molar-refractivity contribution >= 4 is 33.0 Å².